The minimum atomic E-state index is -4.02. The molecule has 0 spiro atoms. The van der Waals surface area contributed by atoms with Crippen molar-refractivity contribution in [3.8, 4) is 0 Å². The topological polar surface area (TPSA) is 83.5 Å². The summed E-state index contributed by atoms with van der Waals surface area (Å²) in [7, 11) is -7.62. The number of nitrogens with zero attached hydrogens (tertiary/aromatic N) is 1. The van der Waals surface area contributed by atoms with Crippen molar-refractivity contribution in [1.82, 2.24) is 9.62 Å². The molecule has 1 aromatic carbocycles. The Balaban J connectivity index is 2.50. The number of halogens is 1. The molecule has 0 unspecified atom stereocenters. The smallest absolute Gasteiger partial charge is 0.246 e. The van der Waals surface area contributed by atoms with Crippen LogP contribution in [0.4, 0.5) is 4.39 Å². The van der Waals surface area contributed by atoms with Crippen LogP contribution in [0.25, 0.3) is 0 Å². The summed E-state index contributed by atoms with van der Waals surface area (Å²) in [5.41, 5.74) is 0. The highest BCUT2D eigenvalue weighted by Crippen LogP contribution is 2.23. The molecule has 0 radical (unpaired) electrons. The van der Waals surface area contributed by atoms with Crippen LogP contribution in [-0.4, -0.2) is 53.6 Å². The van der Waals surface area contributed by atoms with Crippen molar-refractivity contribution in [3.05, 3.63) is 24.0 Å². The van der Waals surface area contributed by atoms with Gasteiger partial charge in [0, 0.05) is 32.4 Å². The van der Waals surface area contributed by atoms with Crippen LogP contribution in [0.5, 0.6) is 0 Å². The van der Waals surface area contributed by atoms with Gasteiger partial charge in [0.25, 0.3) is 0 Å². The number of benzene rings is 1. The molecule has 1 heterocycles. The molecule has 0 saturated carbocycles. The maximum atomic E-state index is 13.8. The quantitative estimate of drug-likeness (QED) is 0.781. The molecule has 112 valence electrons. The zero-order valence-electron chi connectivity index (χ0n) is 10.8. The van der Waals surface area contributed by atoms with Crippen LogP contribution in [0.1, 0.15) is 0 Å². The Morgan fingerprint density at radius 3 is 2.30 bits per heavy atom. The van der Waals surface area contributed by atoms with Crippen LogP contribution >= 0.6 is 0 Å². The Kier molecular flexibility index (Phi) is 4.14. The third-order valence-corrected chi connectivity index (χ3v) is 6.05. The van der Waals surface area contributed by atoms with Crippen molar-refractivity contribution in [3.63, 3.8) is 0 Å². The van der Waals surface area contributed by atoms with E-state index in [1.165, 1.54) is 0 Å². The van der Waals surface area contributed by atoms with Crippen LogP contribution in [0.2, 0.25) is 0 Å². The minimum absolute atomic E-state index is 0.215. The molecule has 0 aromatic heterocycles. The van der Waals surface area contributed by atoms with Gasteiger partial charge in [-0.05, 0) is 18.2 Å². The van der Waals surface area contributed by atoms with Crippen LogP contribution in [-0.2, 0) is 19.9 Å². The molecule has 20 heavy (non-hydrogen) atoms. The second-order valence-electron chi connectivity index (χ2n) is 4.52. The molecular formula is C11H15FN2O4S2. The van der Waals surface area contributed by atoms with Gasteiger partial charge >= 0.3 is 0 Å². The lowest BCUT2D eigenvalue weighted by molar-refractivity contribution is 0.358. The number of nitrogens with one attached hydrogen (secondary N) is 1. The molecule has 6 nitrogen and oxygen atoms in total. The predicted octanol–water partition coefficient (Wildman–Crippen LogP) is -0.177. The van der Waals surface area contributed by atoms with Gasteiger partial charge in [-0.2, -0.15) is 4.31 Å². The number of hydrogen-bond acceptors (Lipinski definition) is 5. The van der Waals surface area contributed by atoms with Gasteiger partial charge < -0.3 is 5.32 Å². The highest BCUT2D eigenvalue weighted by Gasteiger charge is 2.29. The first-order chi connectivity index (χ1) is 9.23. The monoisotopic (exact) mass is 322 g/mol. The number of piperazine rings is 1. The van der Waals surface area contributed by atoms with Gasteiger partial charge in [0.05, 0.1) is 4.90 Å². The summed E-state index contributed by atoms with van der Waals surface area (Å²) in [6.45, 7) is 1.41. The summed E-state index contributed by atoms with van der Waals surface area (Å²) in [4.78, 5) is -0.810. The molecule has 9 heteroatoms. The van der Waals surface area contributed by atoms with Gasteiger partial charge in [-0.3, -0.25) is 0 Å². The van der Waals surface area contributed by atoms with Crippen LogP contribution in [0, 0.1) is 5.82 Å². The fourth-order valence-corrected chi connectivity index (χ4v) is 4.19. The zero-order chi connectivity index (χ0) is 15.0. The molecule has 1 fully saturated rings. The average molecular weight is 322 g/mol. The molecule has 0 aliphatic carbocycles. The van der Waals surface area contributed by atoms with Gasteiger partial charge in [-0.15, -0.1) is 0 Å². The fraction of sp³-hybridized carbons (Fsp3) is 0.455. The van der Waals surface area contributed by atoms with Crippen LogP contribution < -0.4 is 5.32 Å². The summed E-state index contributed by atoms with van der Waals surface area (Å²) in [6, 6.07) is 2.80. The van der Waals surface area contributed by atoms with Crippen LogP contribution in [0.3, 0.4) is 0 Å². The molecule has 1 N–H and O–H groups in total. The van der Waals surface area contributed by atoms with E-state index in [0.717, 1.165) is 28.8 Å². The summed E-state index contributed by atoms with van der Waals surface area (Å²) in [6.07, 6.45) is 0.946. The van der Waals surface area contributed by atoms with Gasteiger partial charge in [0.15, 0.2) is 9.84 Å². The Morgan fingerprint density at radius 1 is 1.15 bits per heavy atom. The SMILES string of the molecule is CS(=O)(=O)c1ccc(F)c(S(=O)(=O)N2CCNCC2)c1. The van der Waals surface area contributed by atoms with E-state index in [-0.39, 0.29) is 18.0 Å². The van der Waals surface area contributed by atoms with Gasteiger partial charge in [0.1, 0.15) is 10.7 Å². The highest BCUT2D eigenvalue weighted by molar-refractivity contribution is 7.91. The third-order valence-electron chi connectivity index (χ3n) is 3.02. The molecule has 0 bridgehead atoms. The van der Waals surface area contributed by atoms with E-state index in [2.05, 4.69) is 5.32 Å². The number of sulfonamides is 1. The van der Waals surface area contributed by atoms with Crippen LogP contribution in [0.15, 0.2) is 28.0 Å². The first-order valence-electron chi connectivity index (χ1n) is 5.93. The number of hydrogen-bond donors (Lipinski definition) is 1. The van der Waals surface area contributed by atoms with Crippen molar-refractivity contribution < 1.29 is 21.2 Å². The molecule has 2 rings (SSSR count). The van der Waals surface area contributed by atoms with Crippen molar-refractivity contribution in [2.24, 2.45) is 0 Å². The van der Waals surface area contributed by atoms with E-state index in [1.54, 1.807) is 0 Å². The number of rotatable bonds is 3. The molecule has 1 aromatic rings. The number of sulfone groups is 1. The second kappa shape index (κ2) is 5.40. The van der Waals surface area contributed by atoms with Gasteiger partial charge in [-0.1, -0.05) is 0 Å². The first-order valence-corrected chi connectivity index (χ1v) is 9.26. The molecule has 1 aliphatic heterocycles. The van der Waals surface area contributed by atoms with Crippen molar-refractivity contribution in [2.75, 3.05) is 32.4 Å². The van der Waals surface area contributed by atoms with Gasteiger partial charge in [0.2, 0.25) is 10.0 Å². The average Bonchev–Trinajstić information content (AvgIpc) is 2.38. The van der Waals surface area contributed by atoms with E-state index < -0.39 is 30.6 Å². The molecule has 0 amide bonds. The van der Waals surface area contributed by atoms with E-state index in [1.807, 2.05) is 0 Å². The maximum absolute atomic E-state index is 13.8. The lowest BCUT2D eigenvalue weighted by atomic mass is 10.3. The predicted molar refractivity (Wildman–Crippen MR) is 71.1 cm³/mol. The third kappa shape index (κ3) is 3.00. The Labute approximate surface area is 117 Å². The molecule has 0 atom stereocenters. The lowest BCUT2D eigenvalue weighted by Crippen LogP contribution is -2.46. The van der Waals surface area contributed by atoms with Crippen molar-refractivity contribution >= 4 is 19.9 Å². The van der Waals surface area contributed by atoms with E-state index in [4.69, 9.17) is 0 Å². The Morgan fingerprint density at radius 2 is 1.75 bits per heavy atom. The van der Waals surface area contributed by atoms with Crippen molar-refractivity contribution in [1.29, 1.82) is 0 Å². The summed E-state index contributed by atoms with van der Waals surface area (Å²) >= 11 is 0. The van der Waals surface area contributed by atoms with E-state index in [0.29, 0.717) is 13.1 Å². The minimum Gasteiger partial charge on any atom is -0.314 e. The molecular weight excluding hydrogens is 307 g/mol. The normalized spacial score (nSPS) is 18.1. The van der Waals surface area contributed by atoms with E-state index in [9.17, 15) is 21.2 Å². The fourth-order valence-electron chi connectivity index (χ4n) is 1.94. The van der Waals surface area contributed by atoms with Gasteiger partial charge in [-0.25, -0.2) is 21.2 Å². The Hall–Kier alpha value is -1.03. The molecule has 1 aliphatic rings. The summed E-state index contributed by atoms with van der Waals surface area (Å²) < 4.78 is 62.6. The highest BCUT2D eigenvalue weighted by atomic mass is 32.2. The maximum Gasteiger partial charge on any atom is 0.246 e. The first kappa shape index (κ1) is 15.4. The summed E-state index contributed by atoms with van der Waals surface area (Å²) in [5.74, 6) is -0.948. The summed E-state index contributed by atoms with van der Waals surface area (Å²) in [5, 5.41) is 2.99. The molecule has 1 saturated heterocycles. The van der Waals surface area contributed by atoms with E-state index >= 15 is 0 Å². The Bertz CT molecular complexity index is 710. The standard InChI is InChI=1S/C11H15FN2O4S2/c1-19(15,16)9-2-3-10(12)11(8-9)20(17,18)14-6-4-13-5-7-14/h2-3,8,13H,4-7H2,1H3. The second-order valence-corrected chi connectivity index (χ2v) is 8.44. The largest absolute Gasteiger partial charge is 0.314 e. The lowest BCUT2D eigenvalue weighted by Gasteiger charge is -2.26. The van der Waals surface area contributed by atoms with Crippen molar-refractivity contribution in [2.45, 2.75) is 9.79 Å². The zero-order valence-corrected chi connectivity index (χ0v) is 12.5.